The summed E-state index contributed by atoms with van der Waals surface area (Å²) in [4.78, 5) is 11.3. The molecule has 2 rings (SSSR count). The second-order valence-electron chi connectivity index (χ2n) is 5.90. The van der Waals surface area contributed by atoms with Crippen molar-refractivity contribution in [1.82, 2.24) is 5.32 Å². The number of anilines is 2. The summed E-state index contributed by atoms with van der Waals surface area (Å²) in [6, 6.07) is 2.31. The van der Waals surface area contributed by atoms with Gasteiger partial charge in [0, 0.05) is 31.9 Å². The van der Waals surface area contributed by atoms with E-state index in [1.54, 1.807) is 4.90 Å². The number of hydrogen-bond acceptors (Lipinski definition) is 5. The highest BCUT2D eigenvalue weighted by atomic mass is 19.1. The molecule has 0 bridgehead atoms. The van der Waals surface area contributed by atoms with Crippen LogP contribution in [0.15, 0.2) is 12.1 Å². The highest BCUT2D eigenvalue weighted by molar-refractivity contribution is 5.56. The minimum absolute atomic E-state index is 0.0331. The first-order chi connectivity index (χ1) is 10.2. The molecular weight excluding hydrogens is 292 g/mol. The molecule has 0 unspecified atom stereocenters. The average molecular weight is 315 g/mol. The average Bonchev–Trinajstić information content (AvgIpc) is 2.38. The molecule has 3 N–H and O–H groups in total. The fourth-order valence-electron chi connectivity index (χ4n) is 1.92. The minimum Gasteiger partial charge on any atom is -0.462 e. The zero-order chi connectivity index (χ0) is 16.8. The maximum atomic E-state index is 13.5. The molecule has 1 heterocycles. The second-order valence-corrected chi connectivity index (χ2v) is 5.90. The molecule has 1 aliphatic rings. The summed E-state index contributed by atoms with van der Waals surface area (Å²) in [5.41, 5.74) is 5.18. The number of carbonyl (C=O) groups is 1. The predicted octanol–water partition coefficient (Wildman–Crippen LogP) is 1.91. The lowest BCUT2D eigenvalue weighted by molar-refractivity contribution is -0.138. The molecule has 1 aliphatic heterocycles. The van der Waals surface area contributed by atoms with Gasteiger partial charge in [0.1, 0.15) is 11.3 Å². The van der Waals surface area contributed by atoms with Gasteiger partial charge in [0.2, 0.25) is 0 Å². The van der Waals surface area contributed by atoms with Crippen molar-refractivity contribution in [3.05, 3.63) is 23.8 Å². The Kier molecular flexibility index (Phi) is 6.55. The number of rotatable bonds is 2. The van der Waals surface area contributed by atoms with Gasteiger partial charge in [-0.3, -0.25) is 4.79 Å². The third-order valence-corrected chi connectivity index (χ3v) is 2.87. The summed E-state index contributed by atoms with van der Waals surface area (Å²) in [7, 11) is 0. The molecule has 22 heavy (non-hydrogen) atoms. The van der Waals surface area contributed by atoms with E-state index in [1.165, 1.54) is 0 Å². The Morgan fingerprint density at radius 3 is 2.09 bits per heavy atom. The number of halogens is 2. The number of nitrogens with one attached hydrogen (secondary N) is 1. The van der Waals surface area contributed by atoms with Gasteiger partial charge in [-0.15, -0.1) is 0 Å². The summed E-state index contributed by atoms with van der Waals surface area (Å²) in [5.74, 6) is -1.18. The van der Waals surface area contributed by atoms with E-state index >= 15 is 0 Å². The Balaban J connectivity index is 0.000000295. The van der Waals surface area contributed by atoms with Crippen molar-refractivity contribution >= 4 is 17.8 Å². The lowest BCUT2D eigenvalue weighted by Gasteiger charge is -2.30. The first-order valence-electron chi connectivity index (χ1n) is 7.06. The van der Waals surface area contributed by atoms with Crippen LogP contribution in [0.3, 0.4) is 0 Å². The third-order valence-electron chi connectivity index (χ3n) is 2.87. The first kappa shape index (κ1) is 18.2. The monoisotopic (exact) mass is 315 g/mol. The van der Waals surface area contributed by atoms with Crippen molar-refractivity contribution in [3.8, 4) is 0 Å². The van der Waals surface area contributed by atoms with Crippen LogP contribution >= 0.6 is 0 Å². The number of nitrogens with two attached hydrogens (primary N) is 1. The molecule has 7 heteroatoms. The summed E-state index contributed by atoms with van der Waals surface area (Å²) >= 11 is 0. The number of ether oxygens (including phenoxy) is 1. The van der Waals surface area contributed by atoms with E-state index < -0.39 is 11.6 Å². The van der Waals surface area contributed by atoms with Crippen molar-refractivity contribution < 1.29 is 18.3 Å². The van der Waals surface area contributed by atoms with Crippen molar-refractivity contribution in [2.45, 2.75) is 26.4 Å². The van der Waals surface area contributed by atoms with Gasteiger partial charge < -0.3 is 20.7 Å². The Morgan fingerprint density at radius 2 is 1.73 bits per heavy atom. The number of carbonyl (C=O) groups excluding carboxylic acids is 1. The fourth-order valence-corrected chi connectivity index (χ4v) is 1.92. The molecule has 5 nitrogen and oxygen atoms in total. The highest BCUT2D eigenvalue weighted by Crippen LogP contribution is 2.26. The maximum absolute atomic E-state index is 13.5. The van der Waals surface area contributed by atoms with Crippen molar-refractivity contribution in [3.63, 3.8) is 0 Å². The van der Waals surface area contributed by atoms with Gasteiger partial charge in [-0.1, -0.05) is 0 Å². The summed E-state index contributed by atoms with van der Waals surface area (Å²) in [6.45, 7) is 8.62. The molecule has 1 aromatic carbocycles. The van der Waals surface area contributed by atoms with Gasteiger partial charge >= 0.3 is 0 Å². The standard InChI is InChI=1S/C10H13F2N3.C5H10O2/c11-8-5-7(13)6-9(12)10(8)15-3-1-14-2-4-15;1-5(2,3)7-4-6/h5-6,14H,1-4,13H2;4H,1-3H3. The van der Waals surface area contributed by atoms with Crippen LogP contribution in [0.2, 0.25) is 0 Å². The first-order valence-corrected chi connectivity index (χ1v) is 7.06. The van der Waals surface area contributed by atoms with Gasteiger partial charge in [-0.25, -0.2) is 8.78 Å². The quantitative estimate of drug-likeness (QED) is 0.645. The molecule has 0 aromatic heterocycles. The van der Waals surface area contributed by atoms with Gasteiger partial charge in [0.05, 0.1) is 0 Å². The Morgan fingerprint density at radius 1 is 1.23 bits per heavy atom. The van der Waals surface area contributed by atoms with Crippen molar-refractivity contribution in [2.24, 2.45) is 0 Å². The predicted molar refractivity (Wildman–Crippen MR) is 82.8 cm³/mol. The van der Waals surface area contributed by atoms with Crippen LogP contribution in [-0.4, -0.2) is 38.3 Å². The Hall–Kier alpha value is -1.89. The number of nitrogens with zero attached hydrogens (tertiary/aromatic N) is 1. The number of piperazine rings is 1. The minimum atomic E-state index is -0.589. The molecule has 0 amide bonds. The van der Waals surface area contributed by atoms with Crippen LogP contribution in [0, 0.1) is 11.6 Å². The SMILES string of the molecule is CC(C)(C)OC=O.Nc1cc(F)c(N2CCNCC2)c(F)c1. The number of hydrogen-bond donors (Lipinski definition) is 2. The van der Waals surface area contributed by atoms with Crippen molar-refractivity contribution in [1.29, 1.82) is 0 Å². The van der Waals surface area contributed by atoms with E-state index in [2.05, 4.69) is 10.1 Å². The molecular formula is C15H23F2N3O2. The molecule has 0 spiro atoms. The van der Waals surface area contributed by atoms with Gasteiger partial charge in [-0.05, 0) is 32.9 Å². The Labute approximate surface area is 129 Å². The second kappa shape index (κ2) is 7.93. The van der Waals surface area contributed by atoms with Crippen LogP contribution in [0.5, 0.6) is 0 Å². The number of benzene rings is 1. The molecule has 0 saturated carbocycles. The normalized spacial score (nSPS) is 14.9. The third kappa shape index (κ3) is 5.85. The highest BCUT2D eigenvalue weighted by Gasteiger charge is 2.19. The Bertz CT molecular complexity index is 475. The van der Waals surface area contributed by atoms with E-state index in [0.29, 0.717) is 19.6 Å². The number of nitrogen functional groups attached to an aromatic ring is 1. The summed E-state index contributed by atoms with van der Waals surface area (Å²) in [6.07, 6.45) is 0. The van der Waals surface area contributed by atoms with E-state index in [0.717, 1.165) is 25.2 Å². The molecule has 1 fully saturated rings. The van der Waals surface area contributed by atoms with Crippen LogP contribution in [0.1, 0.15) is 20.8 Å². The van der Waals surface area contributed by atoms with Crippen LogP contribution < -0.4 is 16.0 Å². The molecule has 124 valence electrons. The lowest BCUT2D eigenvalue weighted by Crippen LogP contribution is -2.44. The largest absolute Gasteiger partial charge is 0.462 e. The molecule has 0 aliphatic carbocycles. The lowest BCUT2D eigenvalue weighted by atomic mass is 10.2. The molecule has 1 aromatic rings. The summed E-state index contributed by atoms with van der Waals surface area (Å²) in [5, 5.41) is 3.12. The van der Waals surface area contributed by atoms with Gasteiger partial charge in [0.15, 0.2) is 11.6 Å². The van der Waals surface area contributed by atoms with E-state index in [1.807, 2.05) is 20.8 Å². The van der Waals surface area contributed by atoms with Crippen molar-refractivity contribution in [2.75, 3.05) is 36.8 Å². The fraction of sp³-hybridized carbons (Fsp3) is 0.533. The van der Waals surface area contributed by atoms with Crippen LogP contribution in [-0.2, 0) is 9.53 Å². The van der Waals surface area contributed by atoms with E-state index in [-0.39, 0.29) is 17.0 Å². The zero-order valence-electron chi connectivity index (χ0n) is 13.2. The molecule has 0 atom stereocenters. The van der Waals surface area contributed by atoms with Gasteiger partial charge in [-0.2, -0.15) is 0 Å². The topological polar surface area (TPSA) is 67.6 Å². The molecule has 0 radical (unpaired) electrons. The van der Waals surface area contributed by atoms with Crippen LogP contribution in [0.4, 0.5) is 20.2 Å². The maximum Gasteiger partial charge on any atom is 0.293 e. The smallest absolute Gasteiger partial charge is 0.293 e. The van der Waals surface area contributed by atoms with Crippen LogP contribution in [0.25, 0.3) is 0 Å². The zero-order valence-corrected chi connectivity index (χ0v) is 13.2. The van der Waals surface area contributed by atoms with Gasteiger partial charge in [0.25, 0.3) is 6.47 Å². The van der Waals surface area contributed by atoms with E-state index in [9.17, 15) is 13.6 Å². The summed E-state index contributed by atoms with van der Waals surface area (Å²) < 4.78 is 31.6. The molecule has 1 saturated heterocycles. The van der Waals surface area contributed by atoms with E-state index in [4.69, 9.17) is 5.73 Å².